The van der Waals surface area contributed by atoms with Crippen molar-refractivity contribution in [2.45, 2.75) is 0 Å². The van der Waals surface area contributed by atoms with Gasteiger partial charge in [-0.25, -0.2) is 4.79 Å². The van der Waals surface area contributed by atoms with Gasteiger partial charge in [0.15, 0.2) is 5.75 Å². The van der Waals surface area contributed by atoms with Gasteiger partial charge in [-0.2, -0.15) is 0 Å². The number of nitrogens with one attached hydrogen (secondary N) is 2. The van der Waals surface area contributed by atoms with Crippen LogP contribution in [0.15, 0.2) is 48.5 Å². The second-order valence-corrected chi connectivity index (χ2v) is 6.27. The molecule has 0 radical (unpaired) electrons. The van der Waals surface area contributed by atoms with Gasteiger partial charge < -0.3 is 20.1 Å². The first-order chi connectivity index (χ1) is 12.7. The largest absolute Gasteiger partial charge is 0.454 e. The number of rotatable bonds is 6. The van der Waals surface area contributed by atoms with Crippen molar-refractivity contribution in [3.63, 3.8) is 0 Å². The highest BCUT2D eigenvalue weighted by molar-refractivity contribution is 6.32. The molecule has 1 aliphatic heterocycles. The summed E-state index contributed by atoms with van der Waals surface area (Å²) in [4.78, 5) is 14.4. The summed E-state index contributed by atoms with van der Waals surface area (Å²) in [5, 5.41) is 6.20. The number of amides is 2. The summed E-state index contributed by atoms with van der Waals surface area (Å²) in [7, 11) is 0. The lowest BCUT2D eigenvalue weighted by Crippen LogP contribution is -2.42. The van der Waals surface area contributed by atoms with Crippen LogP contribution in [0.25, 0.3) is 0 Å². The zero-order valence-corrected chi connectivity index (χ0v) is 15.2. The molecule has 0 unspecified atom stereocenters. The molecule has 1 saturated heterocycles. The van der Waals surface area contributed by atoms with Crippen LogP contribution in [0.3, 0.4) is 0 Å². The lowest BCUT2D eigenvalue weighted by molar-refractivity contribution is 0.0388. The number of halogens is 1. The second kappa shape index (κ2) is 9.43. The maximum atomic E-state index is 12.2. The smallest absolute Gasteiger partial charge is 0.319 e. The molecule has 0 spiro atoms. The Morgan fingerprint density at radius 1 is 1.08 bits per heavy atom. The predicted octanol–water partition coefficient (Wildman–Crippen LogP) is 3.59. The average molecular weight is 376 g/mol. The van der Waals surface area contributed by atoms with E-state index in [4.69, 9.17) is 21.1 Å². The molecule has 7 heteroatoms. The van der Waals surface area contributed by atoms with Crippen LogP contribution in [-0.4, -0.2) is 50.3 Å². The predicted molar refractivity (Wildman–Crippen MR) is 102 cm³/mol. The Bertz CT molecular complexity index is 735. The van der Waals surface area contributed by atoms with Crippen LogP contribution >= 0.6 is 11.6 Å². The third kappa shape index (κ3) is 5.36. The van der Waals surface area contributed by atoms with Crippen LogP contribution in [0, 0.1) is 0 Å². The van der Waals surface area contributed by atoms with Crippen molar-refractivity contribution < 1.29 is 14.3 Å². The molecule has 2 amide bonds. The number of hydrogen-bond acceptors (Lipinski definition) is 4. The first kappa shape index (κ1) is 18.5. The van der Waals surface area contributed by atoms with E-state index in [-0.39, 0.29) is 6.03 Å². The summed E-state index contributed by atoms with van der Waals surface area (Å²) in [6.45, 7) is 4.67. The SMILES string of the molecule is O=C(NCCN1CCOCC1)Nc1ccccc1Oc1ccccc1Cl. The van der Waals surface area contributed by atoms with E-state index in [1.54, 1.807) is 24.3 Å². The van der Waals surface area contributed by atoms with Crippen molar-refractivity contribution in [3.05, 3.63) is 53.6 Å². The van der Waals surface area contributed by atoms with Crippen molar-refractivity contribution in [1.82, 2.24) is 10.2 Å². The number of nitrogens with zero attached hydrogens (tertiary/aromatic N) is 1. The Morgan fingerprint density at radius 3 is 2.54 bits per heavy atom. The summed E-state index contributed by atoms with van der Waals surface area (Å²) in [6, 6.07) is 14.2. The molecule has 2 aromatic rings. The minimum atomic E-state index is -0.270. The number of ether oxygens (including phenoxy) is 2. The molecule has 0 atom stereocenters. The van der Waals surface area contributed by atoms with Gasteiger partial charge in [0.05, 0.1) is 23.9 Å². The molecule has 26 heavy (non-hydrogen) atoms. The fourth-order valence-electron chi connectivity index (χ4n) is 2.62. The van der Waals surface area contributed by atoms with Gasteiger partial charge in [0.1, 0.15) is 5.75 Å². The van der Waals surface area contributed by atoms with Gasteiger partial charge in [-0.15, -0.1) is 0 Å². The Kier molecular flexibility index (Phi) is 6.71. The quantitative estimate of drug-likeness (QED) is 0.810. The van der Waals surface area contributed by atoms with Crippen LogP contribution in [0.1, 0.15) is 0 Å². The number of carbonyl (C=O) groups excluding carboxylic acids is 1. The van der Waals surface area contributed by atoms with E-state index >= 15 is 0 Å². The summed E-state index contributed by atoms with van der Waals surface area (Å²) < 4.78 is 11.2. The maximum absolute atomic E-state index is 12.2. The Morgan fingerprint density at radius 2 is 1.77 bits per heavy atom. The van der Waals surface area contributed by atoms with Crippen LogP contribution in [-0.2, 0) is 4.74 Å². The molecule has 1 heterocycles. The molecular formula is C19H22ClN3O3. The van der Waals surface area contributed by atoms with E-state index in [0.29, 0.717) is 28.8 Å². The summed E-state index contributed by atoms with van der Waals surface area (Å²) in [6.07, 6.45) is 0. The highest BCUT2D eigenvalue weighted by Crippen LogP contribution is 2.33. The molecule has 138 valence electrons. The first-order valence-corrected chi connectivity index (χ1v) is 8.96. The number of anilines is 1. The molecule has 0 saturated carbocycles. The van der Waals surface area contributed by atoms with Crippen molar-refractivity contribution in [2.24, 2.45) is 0 Å². The van der Waals surface area contributed by atoms with Crippen molar-refractivity contribution in [1.29, 1.82) is 0 Å². The Labute approximate surface area is 158 Å². The van der Waals surface area contributed by atoms with Crippen molar-refractivity contribution >= 4 is 23.3 Å². The molecule has 1 fully saturated rings. The van der Waals surface area contributed by atoms with Gasteiger partial charge in [-0.1, -0.05) is 35.9 Å². The number of benzene rings is 2. The zero-order chi connectivity index (χ0) is 18.2. The molecule has 0 aromatic heterocycles. The van der Waals surface area contributed by atoms with E-state index < -0.39 is 0 Å². The average Bonchev–Trinajstić information content (AvgIpc) is 2.66. The first-order valence-electron chi connectivity index (χ1n) is 8.59. The summed E-state index contributed by atoms with van der Waals surface area (Å²) >= 11 is 6.14. The number of urea groups is 1. The third-order valence-electron chi connectivity index (χ3n) is 4.01. The molecular weight excluding hydrogens is 354 g/mol. The van der Waals surface area contributed by atoms with E-state index in [9.17, 15) is 4.79 Å². The fourth-order valence-corrected chi connectivity index (χ4v) is 2.80. The van der Waals surface area contributed by atoms with E-state index in [1.165, 1.54) is 0 Å². The van der Waals surface area contributed by atoms with Crippen LogP contribution in [0.4, 0.5) is 10.5 Å². The van der Waals surface area contributed by atoms with Gasteiger partial charge in [0, 0.05) is 26.2 Å². The molecule has 2 aromatic carbocycles. The Balaban J connectivity index is 1.54. The van der Waals surface area contributed by atoms with E-state index in [1.807, 2.05) is 24.3 Å². The molecule has 0 aliphatic carbocycles. The maximum Gasteiger partial charge on any atom is 0.319 e. The summed E-state index contributed by atoms with van der Waals surface area (Å²) in [5.74, 6) is 1.07. The van der Waals surface area contributed by atoms with Gasteiger partial charge >= 0.3 is 6.03 Å². The molecule has 2 N–H and O–H groups in total. The van der Waals surface area contributed by atoms with E-state index in [2.05, 4.69) is 15.5 Å². The molecule has 0 bridgehead atoms. The topological polar surface area (TPSA) is 62.8 Å². The molecule has 1 aliphatic rings. The van der Waals surface area contributed by atoms with Gasteiger partial charge in [-0.05, 0) is 24.3 Å². The number of para-hydroxylation sites is 3. The Hall–Kier alpha value is -2.28. The monoisotopic (exact) mass is 375 g/mol. The lowest BCUT2D eigenvalue weighted by Gasteiger charge is -2.26. The highest BCUT2D eigenvalue weighted by atomic mass is 35.5. The second-order valence-electron chi connectivity index (χ2n) is 5.86. The normalized spacial score (nSPS) is 14.7. The third-order valence-corrected chi connectivity index (χ3v) is 4.32. The van der Waals surface area contributed by atoms with Crippen LogP contribution in [0.2, 0.25) is 5.02 Å². The van der Waals surface area contributed by atoms with Crippen LogP contribution in [0.5, 0.6) is 11.5 Å². The summed E-state index contributed by atoms with van der Waals surface area (Å²) in [5.41, 5.74) is 0.580. The van der Waals surface area contributed by atoms with E-state index in [0.717, 1.165) is 32.8 Å². The van der Waals surface area contributed by atoms with Gasteiger partial charge in [-0.3, -0.25) is 4.90 Å². The minimum Gasteiger partial charge on any atom is -0.454 e. The van der Waals surface area contributed by atoms with Crippen LogP contribution < -0.4 is 15.4 Å². The highest BCUT2D eigenvalue weighted by Gasteiger charge is 2.12. The molecule has 6 nitrogen and oxygen atoms in total. The lowest BCUT2D eigenvalue weighted by atomic mass is 10.3. The fraction of sp³-hybridized carbons (Fsp3) is 0.316. The van der Waals surface area contributed by atoms with Crippen molar-refractivity contribution in [2.75, 3.05) is 44.7 Å². The zero-order valence-electron chi connectivity index (χ0n) is 14.4. The van der Waals surface area contributed by atoms with Crippen molar-refractivity contribution in [3.8, 4) is 11.5 Å². The standard InChI is InChI=1S/C19H22ClN3O3/c20-15-5-1-3-7-17(15)26-18-8-4-2-6-16(18)22-19(24)21-9-10-23-11-13-25-14-12-23/h1-8H,9-14H2,(H2,21,22,24). The number of carbonyl (C=O) groups is 1. The van der Waals surface area contributed by atoms with Gasteiger partial charge in [0.25, 0.3) is 0 Å². The number of hydrogen-bond donors (Lipinski definition) is 2. The number of morpholine rings is 1. The molecule has 3 rings (SSSR count). The van der Waals surface area contributed by atoms with Gasteiger partial charge in [0.2, 0.25) is 0 Å². The minimum absolute atomic E-state index is 0.270.